The van der Waals surface area contributed by atoms with Crippen LogP contribution in [0.3, 0.4) is 0 Å². The van der Waals surface area contributed by atoms with Gasteiger partial charge in [0.15, 0.2) is 18.1 Å². The van der Waals surface area contributed by atoms with Crippen LogP contribution in [-0.4, -0.2) is 39.3 Å². The first kappa shape index (κ1) is 21.7. The fraction of sp³-hybridized carbons (Fsp3) is 0.200. The van der Waals surface area contributed by atoms with Crippen LogP contribution in [0.2, 0.25) is 0 Å². The van der Waals surface area contributed by atoms with Crippen LogP contribution < -0.4 is 19.5 Å². The highest BCUT2D eigenvalue weighted by molar-refractivity contribution is 5.94. The number of methoxy groups -OCH3 is 2. The summed E-state index contributed by atoms with van der Waals surface area (Å²) in [7, 11) is 2.96. The number of ether oxygens (including phenoxy) is 4. The average Bonchev–Trinajstić information content (AvgIpc) is 2.71. The number of alkyl halides is 2. The predicted octanol–water partition coefficient (Wildman–Crippen LogP) is 3.50. The molecule has 29 heavy (non-hydrogen) atoms. The van der Waals surface area contributed by atoms with Crippen LogP contribution >= 0.6 is 0 Å². The van der Waals surface area contributed by atoms with Gasteiger partial charge in [0.25, 0.3) is 5.91 Å². The van der Waals surface area contributed by atoms with Crippen LogP contribution in [0, 0.1) is 0 Å². The van der Waals surface area contributed by atoms with Crippen molar-refractivity contribution in [3.05, 3.63) is 54.1 Å². The summed E-state index contributed by atoms with van der Waals surface area (Å²) in [6.45, 7) is -3.39. The molecule has 1 amide bonds. The standard InChI is InChI=1S/C20H19F2NO6/c1-26-16-9-6-14(11-17(16)27-2)23-18(24)12-28-19(25)10-5-13-3-7-15(8-4-13)29-20(21)22/h3-11,20H,12H2,1-2H3,(H,23,24)/b10-5+. The summed E-state index contributed by atoms with van der Waals surface area (Å²) in [6.07, 6.45) is 2.54. The molecular formula is C20H19F2NO6. The molecule has 0 fully saturated rings. The molecule has 2 aromatic rings. The molecule has 1 N–H and O–H groups in total. The van der Waals surface area contributed by atoms with Gasteiger partial charge in [-0.3, -0.25) is 4.79 Å². The van der Waals surface area contributed by atoms with E-state index in [-0.39, 0.29) is 5.75 Å². The molecule has 0 aromatic heterocycles. The van der Waals surface area contributed by atoms with Crippen molar-refractivity contribution in [1.82, 2.24) is 0 Å². The molecule has 7 nitrogen and oxygen atoms in total. The van der Waals surface area contributed by atoms with Gasteiger partial charge in [0.1, 0.15) is 5.75 Å². The van der Waals surface area contributed by atoms with E-state index in [2.05, 4.69) is 10.1 Å². The Bertz CT molecular complexity index is 868. The van der Waals surface area contributed by atoms with Gasteiger partial charge in [0.2, 0.25) is 0 Å². The molecular weight excluding hydrogens is 388 g/mol. The Balaban J connectivity index is 1.82. The number of amides is 1. The third kappa shape index (κ3) is 7.13. The molecule has 0 heterocycles. The number of benzene rings is 2. The summed E-state index contributed by atoms with van der Waals surface area (Å²) >= 11 is 0. The van der Waals surface area contributed by atoms with Gasteiger partial charge in [0.05, 0.1) is 14.2 Å². The Kier molecular flexibility index (Phi) is 7.96. The number of esters is 1. The maximum absolute atomic E-state index is 12.1. The molecule has 0 atom stereocenters. The quantitative estimate of drug-likeness (QED) is 0.506. The topological polar surface area (TPSA) is 83.1 Å². The monoisotopic (exact) mass is 407 g/mol. The second kappa shape index (κ2) is 10.6. The first-order valence-corrected chi connectivity index (χ1v) is 8.33. The van der Waals surface area contributed by atoms with Crippen LogP contribution in [0.15, 0.2) is 48.5 Å². The maximum Gasteiger partial charge on any atom is 0.387 e. The van der Waals surface area contributed by atoms with E-state index in [0.29, 0.717) is 22.7 Å². The zero-order valence-electron chi connectivity index (χ0n) is 15.7. The number of hydrogen-bond donors (Lipinski definition) is 1. The van der Waals surface area contributed by atoms with Gasteiger partial charge in [-0.25, -0.2) is 4.79 Å². The molecule has 0 aliphatic heterocycles. The van der Waals surface area contributed by atoms with E-state index in [1.165, 1.54) is 44.6 Å². The number of anilines is 1. The zero-order chi connectivity index (χ0) is 21.2. The highest BCUT2D eigenvalue weighted by Gasteiger charge is 2.09. The predicted molar refractivity (Wildman–Crippen MR) is 101 cm³/mol. The number of halogens is 2. The van der Waals surface area contributed by atoms with Gasteiger partial charge in [-0.05, 0) is 35.9 Å². The molecule has 0 bridgehead atoms. The first-order valence-electron chi connectivity index (χ1n) is 8.33. The van der Waals surface area contributed by atoms with Gasteiger partial charge in [-0.15, -0.1) is 0 Å². The highest BCUT2D eigenvalue weighted by Crippen LogP contribution is 2.29. The SMILES string of the molecule is COc1ccc(NC(=O)COC(=O)/C=C/c2ccc(OC(F)F)cc2)cc1OC. The van der Waals surface area contributed by atoms with Crippen LogP contribution in [0.1, 0.15) is 5.56 Å². The second-order valence-electron chi connectivity index (χ2n) is 5.51. The van der Waals surface area contributed by atoms with Crippen LogP contribution in [0.25, 0.3) is 6.08 Å². The van der Waals surface area contributed by atoms with Crippen molar-refractivity contribution in [2.75, 3.05) is 26.1 Å². The molecule has 0 aliphatic rings. The fourth-order valence-corrected chi connectivity index (χ4v) is 2.22. The molecule has 2 rings (SSSR count). The van der Waals surface area contributed by atoms with Gasteiger partial charge in [-0.1, -0.05) is 12.1 Å². The summed E-state index contributed by atoms with van der Waals surface area (Å²) in [5, 5.41) is 2.57. The lowest BCUT2D eigenvalue weighted by Gasteiger charge is -2.10. The molecule has 0 spiro atoms. The van der Waals surface area contributed by atoms with Gasteiger partial charge >= 0.3 is 12.6 Å². The number of carbonyl (C=O) groups is 2. The number of carbonyl (C=O) groups excluding carboxylic acids is 2. The van der Waals surface area contributed by atoms with E-state index in [4.69, 9.17) is 14.2 Å². The van der Waals surface area contributed by atoms with Gasteiger partial charge in [-0.2, -0.15) is 8.78 Å². The van der Waals surface area contributed by atoms with Crippen molar-refractivity contribution in [2.24, 2.45) is 0 Å². The average molecular weight is 407 g/mol. The van der Waals surface area contributed by atoms with E-state index in [1.54, 1.807) is 18.2 Å². The molecule has 2 aromatic carbocycles. The smallest absolute Gasteiger partial charge is 0.387 e. The largest absolute Gasteiger partial charge is 0.493 e. The van der Waals surface area contributed by atoms with Crippen molar-refractivity contribution in [1.29, 1.82) is 0 Å². The molecule has 0 saturated heterocycles. The first-order chi connectivity index (χ1) is 13.9. The molecule has 0 saturated carbocycles. The van der Waals surface area contributed by atoms with Crippen molar-refractivity contribution in [3.63, 3.8) is 0 Å². The Morgan fingerprint density at radius 1 is 1.03 bits per heavy atom. The summed E-state index contributed by atoms with van der Waals surface area (Å²) in [4.78, 5) is 23.6. The van der Waals surface area contributed by atoms with Gasteiger partial charge in [0, 0.05) is 17.8 Å². The Labute approximate surface area is 165 Å². The lowest BCUT2D eigenvalue weighted by atomic mass is 10.2. The molecule has 0 radical (unpaired) electrons. The van der Waals surface area contributed by atoms with Crippen molar-refractivity contribution in [3.8, 4) is 17.2 Å². The molecule has 0 aliphatic carbocycles. The Morgan fingerprint density at radius 2 is 1.72 bits per heavy atom. The molecule has 9 heteroatoms. The Hall–Kier alpha value is -3.62. The van der Waals surface area contributed by atoms with Crippen molar-refractivity contribution < 1.29 is 37.3 Å². The van der Waals surface area contributed by atoms with Crippen LogP contribution in [-0.2, 0) is 14.3 Å². The van der Waals surface area contributed by atoms with E-state index in [0.717, 1.165) is 6.08 Å². The van der Waals surface area contributed by atoms with Crippen molar-refractivity contribution >= 4 is 23.6 Å². The summed E-state index contributed by atoms with van der Waals surface area (Å²) in [5.41, 5.74) is 1.02. The van der Waals surface area contributed by atoms with Crippen molar-refractivity contribution in [2.45, 2.75) is 6.61 Å². The van der Waals surface area contributed by atoms with Crippen LogP contribution in [0.4, 0.5) is 14.5 Å². The zero-order valence-corrected chi connectivity index (χ0v) is 15.7. The fourth-order valence-electron chi connectivity index (χ4n) is 2.22. The lowest BCUT2D eigenvalue weighted by molar-refractivity contribution is -0.142. The summed E-state index contributed by atoms with van der Waals surface area (Å²) < 4.78 is 43.5. The minimum absolute atomic E-state index is 0.00607. The number of hydrogen-bond acceptors (Lipinski definition) is 6. The molecule has 154 valence electrons. The Morgan fingerprint density at radius 3 is 2.34 bits per heavy atom. The minimum atomic E-state index is -2.91. The van der Waals surface area contributed by atoms with E-state index in [9.17, 15) is 18.4 Å². The lowest BCUT2D eigenvalue weighted by Crippen LogP contribution is -2.20. The minimum Gasteiger partial charge on any atom is -0.493 e. The highest BCUT2D eigenvalue weighted by atomic mass is 19.3. The van der Waals surface area contributed by atoms with Crippen LogP contribution in [0.5, 0.6) is 17.2 Å². The van der Waals surface area contributed by atoms with E-state index < -0.39 is 25.1 Å². The third-order valence-electron chi connectivity index (χ3n) is 3.53. The van der Waals surface area contributed by atoms with E-state index in [1.807, 2.05) is 0 Å². The summed E-state index contributed by atoms with van der Waals surface area (Å²) in [6, 6.07) is 10.5. The van der Waals surface area contributed by atoms with Gasteiger partial charge < -0.3 is 24.3 Å². The maximum atomic E-state index is 12.1. The molecule has 0 unspecified atom stereocenters. The normalized spacial score (nSPS) is 10.7. The summed E-state index contributed by atoms with van der Waals surface area (Å²) in [5.74, 6) is -0.314. The van der Waals surface area contributed by atoms with E-state index >= 15 is 0 Å². The number of rotatable bonds is 9. The number of nitrogens with one attached hydrogen (secondary N) is 1. The second-order valence-corrected chi connectivity index (χ2v) is 5.51. The third-order valence-corrected chi connectivity index (χ3v) is 3.53.